The normalized spacial score (nSPS) is 17.6. The topological polar surface area (TPSA) is 95.2 Å². The molecule has 2 rings (SSSR count). The van der Waals surface area contributed by atoms with Crippen molar-refractivity contribution in [3.8, 4) is 0 Å². The number of ether oxygens (including phenoxy) is 1. The number of nitrogens with zero attached hydrogens (tertiary/aromatic N) is 2. The van der Waals surface area contributed by atoms with Gasteiger partial charge in [0.05, 0.1) is 5.56 Å². The predicted octanol–water partition coefficient (Wildman–Crippen LogP) is 0.431. The molecular formula is C11H13N3O3. The number of esters is 1. The summed E-state index contributed by atoms with van der Waals surface area (Å²) >= 11 is 0. The average Bonchev–Trinajstić information content (AvgIpc) is 2.80. The van der Waals surface area contributed by atoms with Crippen LogP contribution < -0.4 is 5.73 Å². The molecule has 0 aromatic carbocycles. The van der Waals surface area contributed by atoms with Crippen LogP contribution in [0.25, 0.3) is 0 Å². The molecule has 0 saturated heterocycles. The Labute approximate surface area is 98.2 Å². The minimum Gasteiger partial charge on any atom is -0.445 e. The summed E-state index contributed by atoms with van der Waals surface area (Å²) in [7, 11) is 0. The van der Waals surface area contributed by atoms with Crippen molar-refractivity contribution >= 4 is 11.9 Å². The zero-order valence-electron chi connectivity index (χ0n) is 9.26. The van der Waals surface area contributed by atoms with Crippen LogP contribution in [-0.4, -0.2) is 27.4 Å². The monoisotopic (exact) mass is 235 g/mol. The zero-order valence-corrected chi connectivity index (χ0v) is 9.26. The minimum absolute atomic E-state index is 0.222. The Morgan fingerprint density at radius 2 is 1.82 bits per heavy atom. The van der Waals surface area contributed by atoms with Crippen LogP contribution in [0.2, 0.25) is 0 Å². The zero-order chi connectivity index (χ0) is 12.3. The molecule has 6 nitrogen and oxygen atoms in total. The van der Waals surface area contributed by atoms with E-state index in [0.29, 0.717) is 12.8 Å². The molecule has 1 aliphatic rings. The Morgan fingerprint density at radius 1 is 1.24 bits per heavy atom. The van der Waals surface area contributed by atoms with E-state index in [0.717, 1.165) is 12.8 Å². The van der Waals surface area contributed by atoms with E-state index in [-0.39, 0.29) is 5.56 Å². The fourth-order valence-electron chi connectivity index (χ4n) is 1.99. The summed E-state index contributed by atoms with van der Waals surface area (Å²) in [6.07, 6.45) is 6.65. The Bertz CT molecular complexity index is 427. The fraction of sp³-hybridized carbons (Fsp3) is 0.455. The van der Waals surface area contributed by atoms with E-state index in [9.17, 15) is 9.59 Å². The molecule has 90 valence electrons. The number of hydrogen-bond donors (Lipinski definition) is 1. The highest BCUT2D eigenvalue weighted by molar-refractivity contribution is 5.93. The molecule has 1 fully saturated rings. The van der Waals surface area contributed by atoms with E-state index >= 15 is 0 Å². The van der Waals surface area contributed by atoms with Crippen molar-refractivity contribution in [1.29, 1.82) is 0 Å². The van der Waals surface area contributed by atoms with Crippen LogP contribution in [0.3, 0.4) is 0 Å². The van der Waals surface area contributed by atoms with E-state index in [1.165, 1.54) is 18.7 Å². The molecular weight excluding hydrogens is 222 g/mol. The standard InChI is InChI=1S/C11H13N3O3/c12-10(16)11(3-1-2-4-11)17-9(15)8-5-13-7-14-6-8/h5-7H,1-4H2,(H2,12,16). The number of nitrogens with two attached hydrogens (primary N) is 1. The molecule has 1 aromatic heterocycles. The van der Waals surface area contributed by atoms with Gasteiger partial charge in [0.25, 0.3) is 5.91 Å². The molecule has 0 spiro atoms. The molecule has 1 aliphatic carbocycles. The maximum Gasteiger partial charge on any atom is 0.342 e. The number of carbonyl (C=O) groups excluding carboxylic acids is 2. The van der Waals surface area contributed by atoms with Gasteiger partial charge in [0.2, 0.25) is 0 Å². The SMILES string of the molecule is NC(=O)C1(OC(=O)c2cncnc2)CCCC1. The van der Waals surface area contributed by atoms with Crippen molar-refractivity contribution < 1.29 is 14.3 Å². The number of primary amides is 1. The van der Waals surface area contributed by atoms with Crippen LogP contribution >= 0.6 is 0 Å². The Balaban J connectivity index is 2.15. The lowest BCUT2D eigenvalue weighted by Crippen LogP contribution is -2.45. The maximum atomic E-state index is 11.8. The lowest BCUT2D eigenvalue weighted by Gasteiger charge is -2.25. The first-order valence-electron chi connectivity index (χ1n) is 5.42. The second-order valence-electron chi connectivity index (χ2n) is 4.08. The van der Waals surface area contributed by atoms with Crippen molar-refractivity contribution in [3.63, 3.8) is 0 Å². The molecule has 0 unspecified atom stereocenters. The molecule has 0 bridgehead atoms. The van der Waals surface area contributed by atoms with Gasteiger partial charge in [-0.15, -0.1) is 0 Å². The van der Waals surface area contributed by atoms with Crippen LogP contribution in [0.15, 0.2) is 18.7 Å². The first kappa shape index (κ1) is 11.5. The highest BCUT2D eigenvalue weighted by Gasteiger charge is 2.43. The van der Waals surface area contributed by atoms with Crippen LogP contribution in [-0.2, 0) is 9.53 Å². The first-order valence-corrected chi connectivity index (χ1v) is 5.42. The summed E-state index contributed by atoms with van der Waals surface area (Å²) < 4.78 is 5.25. The predicted molar refractivity (Wildman–Crippen MR) is 57.8 cm³/mol. The van der Waals surface area contributed by atoms with Gasteiger partial charge in [0.1, 0.15) is 6.33 Å². The van der Waals surface area contributed by atoms with E-state index in [4.69, 9.17) is 10.5 Å². The van der Waals surface area contributed by atoms with Gasteiger partial charge in [-0.2, -0.15) is 0 Å². The van der Waals surface area contributed by atoms with Crippen molar-refractivity contribution in [2.45, 2.75) is 31.3 Å². The summed E-state index contributed by atoms with van der Waals surface area (Å²) in [5, 5.41) is 0. The fourth-order valence-corrected chi connectivity index (χ4v) is 1.99. The van der Waals surface area contributed by atoms with Gasteiger partial charge >= 0.3 is 5.97 Å². The van der Waals surface area contributed by atoms with Gasteiger partial charge in [-0.05, 0) is 25.7 Å². The molecule has 17 heavy (non-hydrogen) atoms. The highest BCUT2D eigenvalue weighted by Crippen LogP contribution is 2.33. The van der Waals surface area contributed by atoms with E-state index in [1.54, 1.807) is 0 Å². The van der Waals surface area contributed by atoms with Gasteiger partial charge < -0.3 is 10.5 Å². The molecule has 1 amide bonds. The Kier molecular flexibility index (Phi) is 3.03. The quantitative estimate of drug-likeness (QED) is 0.766. The Hall–Kier alpha value is -1.98. The molecule has 1 aromatic rings. The molecule has 6 heteroatoms. The third kappa shape index (κ3) is 2.25. The largest absolute Gasteiger partial charge is 0.445 e. The second-order valence-corrected chi connectivity index (χ2v) is 4.08. The van der Waals surface area contributed by atoms with Crippen LogP contribution in [0.1, 0.15) is 36.0 Å². The Morgan fingerprint density at radius 3 is 2.35 bits per heavy atom. The summed E-state index contributed by atoms with van der Waals surface area (Å²) in [6, 6.07) is 0. The third-order valence-corrected chi connectivity index (χ3v) is 2.94. The second kappa shape index (κ2) is 4.48. The van der Waals surface area contributed by atoms with Crippen molar-refractivity contribution in [2.75, 3.05) is 0 Å². The van der Waals surface area contributed by atoms with Gasteiger partial charge in [0, 0.05) is 12.4 Å². The smallest absolute Gasteiger partial charge is 0.342 e. The van der Waals surface area contributed by atoms with Crippen molar-refractivity contribution in [2.24, 2.45) is 5.73 Å². The van der Waals surface area contributed by atoms with E-state index in [2.05, 4.69) is 9.97 Å². The molecule has 1 heterocycles. The van der Waals surface area contributed by atoms with Crippen molar-refractivity contribution in [1.82, 2.24) is 9.97 Å². The molecule has 0 atom stereocenters. The number of rotatable bonds is 3. The van der Waals surface area contributed by atoms with E-state index < -0.39 is 17.5 Å². The van der Waals surface area contributed by atoms with Gasteiger partial charge in [0.15, 0.2) is 5.60 Å². The lowest BCUT2D eigenvalue weighted by atomic mass is 10.0. The van der Waals surface area contributed by atoms with Gasteiger partial charge in [-0.25, -0.2) is 14.8 Å². The van der Waals surface area contributed by atoms with E-state index in [1.807, 2.05) is 0 Å². The molecule has 0 aliphatic heterocycles. The minimum atomic E-state index is -1.15. The summed E-state index contributed by atoms with van der Waals surface area (Å²) in [5.41, 5.74) is 4.39. The number of aromatic nitrogens is 2. The number of carbonyl (C=O) groups is 2. The van der Waals surface area contributed by atoms with Crippen LogP contribution in [0, 0.1) is 0 Å². The van der Waals surface area contributed by atoms with Gasteiger partial charge in [-0.3, -0.25) is 4.79 Å². The molecule has 1 saturated carbocycles. The lowest BCUT2D eigenvalue weighted by molar-refractivity contribution is -0.136. The van der Waals surface area contributed by atoms with Crippen LogP contribution in [0.5, 0.6) is 0 Å². The number of hydrogen-bond acceptors (Lipinski definition) is 5. The summed E-state index contributed by atoms with van der Waals surface area (Å²) in [6.45, 7) is 0. The van der Waals surface area contributed by atoms with Crippen molar-refractivity contribution in [3.05, 3.63) is 24.3 Å². The highest BCUT2D eigenvalue weighted by atomic mass is 16.6. The third-order valence-electron chi connectivity index (χ3n) is 2.94. The number of amides is 1. The van der Waals surface area contributed by atoms with Crippen LogP contribution in [0.4, 0.5) is 0 Å². The average molecular weight is 235 g/mol. The molecule has 0 radical (unpaired) electrons. The molecule has 2 N–H and O–H groups in total. The summed E-state index contributed by atoms with van der Waals surface area (Å²) in [5.74, 6) is -1.19. The van der Waals surface area contributed by atoms with Gasteiger partial charge in [-0.1, -0.05) is 0 Å². The first-order chi connectivity index (χ1) is 8.14. The summed E-state index contributed by atoms with van der Waals surface area (Å²) in [4.78, 5) is 30.6. The maximum absolute atomic E-state index is 11.8.